The molecule has 0 bridgehead atoms. The van der Waals surface area contributed by atoms with Gasteiger partial charge in [-0.2, -0.15) is 0 Å². The van der Waals surface area contributed by atoms with Gasteiger partial charge in [-0.15, -0.1) is 6.58 Å². The molecule has 3 heterocycles. The molecule has 2 fully saturated rings. The van der Waals surface area contributed by atoms with E-state index in [0.29, 0.717) is 0 Å². The Morgan fingerprint density at radius 2 is 2.00 bits per heavy atom. The Hall–Kier alpha value is -1.53. The normalized spacial score (nSPS) is 45.8. The Labute approximate surface area is 148 Å². The zero-order chi connectivity index (χ0) is 19.1. The third-order valence-corrected chi connectivity index (χ3v) is 4.94. The zero-order valence-corrected chi connectivity index (χ0v) is 13.8. The number of hydrogen-bond donors (Lipinski definition) is 5. The second kappa shape index (κ2) is 7.24. The van der Waals surface area contributed by atoms with Gasteiger partial charge in [0, 0.05) is 6.42 Å². The van der Waals surface area contributed by atoms with Crippen LogP contribution < -0.4 is 0 Å². The highest BCUT2D eigenvalue weighted by molar-refractivity contribution is 5.91. The first-order valence-corrected chi connectivity index (χ1v) is 8.17. The van der Waals surface area contributed by atoms with E-state index in [1.807, 2.05) is 0 Å². The van der Waals surface area contributed by atoms with E-state index in [9.17, 15) is 30.3 Å². The number of aliphatic hydroxyl groups excluding tert-OH is 4. The van der Waals surface area contributed by atoms with Crippen molar-refractivity contribution < 1.29 is 49.3 Å². The van der Waals surface area contributed by atoms with Crippen LogP contribution >= 0.6 is 0 Å². The van der Waals surface area contributed by atoms with Crippen molar-refractivity contribution in [3.8, 4) is 0 Å². The molecule has 146 valence electrons. The van der Waals surface area contributed by atoms with Crippen LogP contribution in [0.15, 0.2) is 24.5 Å². The number of carbonyl (C=O) groups is 1. The van der Waals surface area contributed by atoms with E-state index in [2.05, 4.69) is 6.58 Å². The van der Waals surface area contributed by atoms with Crippen LogP contribution in [-0.4, -0.2) is 87.3 Å². The fourth-order valence-electron chi connectivity index (χ4n) is 3.36. The van der Waals surface area contributed by atoms with Crippen LogP contribution in [0.4, 0.5) is 0 Å². The number of esters is 1. The van der Waals surface area contributed by atoms with Gasteiger partial charge in [0.1, 0.15) is 35.6 Å². The zero-order valence-electron chi connectivity index (χ0n) is 13.8. The molecule has 0 radical (unpaired) electrons. The lowest BCUT2D eigenvalue weighted by Gasteiger charge is -2.46. The second-order valence-corrected chi connectivity index (χ2v) is 6.44. The van der Waals surface area contributed by atoms with Crippen molar-refractivity contribution in [3.05, 3.63) is 24.5 Å². The van der Waals surface area contributed by atoms with E-state index in [4.69, 9.17) is 18.9 Å². The Morgan fingerprint density at radius 1 is 1.27 bits per heavy atom. The molecule has 5 N–H and O–H groups in total. The average Bonchev–Trinajstić information content (AvgIpc) is 2.61. The molecule has 3 rings (SSSR count). The maximum Gasteiger partial charge on any atom is 0.340 e. The molecule has 0 aromatic heterocycles. The number of ether oxygens (including phenoxy) is 4. The summed E-state index contributed by atoms with van der Waals surface area (Å²) in [5, 5.41) is 49.9. The summed E-state index contributed by atoms with van der Waals surface area (Å²) in [5.74, 6) is -1.61. The summed E-state index contributed by atoms with van der Waals surface area (Å²) >= 11 is 0. The molecule has 0 saturated carbocycles. The minimum absolute atomic E-state index is 0.00375. The molecule has 0 aromatic carbocycles. The smallest absolute Gasteiger partial charge is 0.340 e. The molecule has 0 spiro atoms. The first-order valence-electron chi connectivity index (χ1n) is 8.17. The Kier molecular flexibility index (Phi) is 5.35. The van der Waals surface area contributed by atoms with Gasteiger partial charge in [0.05, 0.1) is 25.4 Å². The summed E-state index contributed by atoms with van der Waals surface area (Å²) in [7, 11) is 0. The molecule has 2 saturated heterocycles. The number of carbonyl (C=O) groups excluding carboxylic acids is 1. The molecule has 6 unspecified atom stereocenters. The van der Waals surface area contributed by atoms with Gasteiger partial charge >= 0.3 is 5.97 Å². The summed E-state index contributed by atoms with van der Waals surface area (Å²) in [5.41, 5.74) is -1.70. The van der Waals surface area contributed by atoms with Crippen LogP contribution in [0.1, 0.15) is 6.42 Å². The summed E-state index contributed by atoms with van der Waals surface area (Å²) in [6, 6.07) is 0. The van der Waals surface area contributed by atoms with Crippen molar-refractivity contribution in [2.45, 2.75) is 49.0 Å². The molecule has 0 amide bonds. The van der Waals surface area contributed by atoms with Crippen molar-refractivity contribution in [3.63, 3.8) is 0 Å². The first-order chi connectivity index (χ1) is 12.3. The lowest BCUT2D eigenvalue weighted by molar-refractivity contribution is -0.344. The topological polar surface area (TPSA) is 155 Å². The van der Waals surface area contributed by atoms with Gasteiger partial charge in [-0.05, 0) is 0 Å². The van der Waals surface area contributed by atoms with Crippen molar-refractivity contribution in [1.29, 1.82) is 0 Å². The van der Waals surface area contributed by atoms with E-state index in [1.54, 1.807) is 0 Å². The predicted molar refractivity (Wildman–Crippen MR) is 82.0 cm³/mol. The quantitative estimate of drug-likeness (QED) is 0.264. The van der Waals surface area contributed by atoms with Crippen LogP contribution in [0.2, 0.25) is 0 Å². The molecule has 10 heteroatoms. The molecule has 0 aromatic rings. The van der Waals surface area contributed by atoms with Crippen molar-refractivity contribution in [2.75, 3.05) is 13.2 Å². The summed E-state index contributed by atoms with van der Waals surface area (Å²) in [4.78, 5) is 11.8. The molecule has 8 atom stereocenters. The van der Waals surface area contributed by atoms with Gasteiger partial charge in [0.25, 0.3) is 0 Å². The number of cyclic esters (lactones) is 1. The number of aliphatic hydroxyl groups is 5. The summed E-state index contributed by atoms with van der Waals surface area (Å²) in [6.45, 7) is 3.03. The third-order valence-electron chi connectivity index (χ3n) is 4.94. The molecular weight excluding hydrogens is 352 g/mol. The molecule has 26 heavy (non-hydrogen) atoms. The summed E-state index contributed by atoms with van der Waals surface area (Å²) < 4.78 is 21.1. The van der Waals surface area contributed by atoms with Crippen LogP contribution in [0.25, 0.3) is 0 Å². The van der Waals surface area contributed by atoms with Gasteiger partial charge < -0.3 is 44.5 Å². The molecule has 3 aliphatic rings. The monoisotopic (exact) mass is 374 g/mol. The minimum Gasteiger partial charge on any atom is -0.471 e. The molecular formula is C16H22O10. The average molecular weight is 374 g/mol. The largest absolute Gasteiger partial charge is 0.471 e. The van der Waals surface area contributed by atoms with Crippen molar-refractivity contribution >= 4 is 5.97 Å². The lowest BCUT2D eigenvalue weighted by atomic mass is 9.76. The van der Waals surface area contributed by atoms with Gasteiger partial charge in [0.2, 0.25) is 6.29 Å². The maximum atomic E-state index is 11.8. The van der Waals surface area contributed by atoms with Gasteiger partial charge in [-0.1, -0.05) is 6.08 Å². The van der Waals surface area contributed by atoms with E-state index in [0.717, 1.165) is 6.26 Å². The number of hydrogen-bond acceptors (Lipinski definition) is 10. The molecule has 3 aliphatic heterocycles. The highest BCUT2D eigenvalue weighted by atomic mass is 16.8. The fraction of sp³-hybridized carbons (Fsp3) is 0.688. The van der Waals surface area contributed by atoms with E-state index < -0.39 is 61.1 Å². The Balaban J connectivity index is 1.81. The van der Waals surface area contributed by atoms with Gasteiger partial charge in [0.15, 0.2) is 6.29 Å². The minimum atomic E-state index is -1.63. The standard InChI is InChI=1S/C16H22O10/c1-2-7-14(24-6-8-13(21)23-4-3-16(7,8)22)26-15-12(20)11(19)10(18)9(5-17)25-15/h2,6-7,9-12,14-15,17-20,22H,1,3-5H2/t7?,9?,10?,11?,12?,14?,15-,16+/m1/s1. The molecule has 10 nitrogen and oxygen atoms in total. The second-order valence-electron chi connectivity index (χ2n) is 6.44. The van der Waals surface area contributed by atoms with E-state index in [1.165, 1.54) is 6.08 Å². The Bertz CT molecular complexity index is 590. The van der Waals surface area contributed by atoms with Crippen LogP contribution in [0.3, 0.4) is 0 Å². The van der Waals surface area contributed by atoms with Crippen LogP contribution in [-0.2, 0) is 23.7 Å². The highest BCUT2D eigenvalue weighted by Crippen LogP contribution is 2.42. The molecule has 0 aliphatic carbocycles. The van der Waals surface area contributed by atoms with E-state index >= 15 is 0 Å². The maximum absolute atomic E-state index is 11.8. The first kappa shape index (κ1) is 19.2. The Morgan fingerprint density at radius 3 is 2.65 bits per heavy atom. The van der Waals surface area contributed by atoms with Gasteiger partial charge in [-0.25, -0.2) is 4.79 Å². The number of rotatable bonds is 4. The lowest BCUT2D eigenvalue weighted by Crippen LogP contribution is -2.61. The fourth-order valence-corrected chi connectivity index (χ4v) is 3.36. The van der Waals surface area contributed by atoms with Crippen LogP contribution in [0.5, 0.6) is 0 Å². The number of fused-ring (bicyclic) bond motifs is 1. The van der Waals surface area contributed by atoms with Gasteiger partial charge in [-0.3, -0.25) is 0 Å². The third kappa shape index (κ3) is 3.03. The SMILES string of the molecule is C=CC1C(O[C@H]2OC(CO)C(O)C(O)C2O)OC=C2C(=O)OCC[C@@]21O. The predicted octanol–water partition coefficient (Wildman–Crippen LogP) is -2.48. The van der Waals surface area contributed by atoms with Crippen LogP contribution in [0, 0.1) is 5.92 Å². The van der Waals surface area contributed by atoms with Crippen molar-refractivity contribution in [1.82, 2.24) is 0 Å². The highest BCUT2D eigenvalue weighted by Gasteiger charge is 2.54. The van der Waals surface area contributed by atoms with E-state index in [-0.39, 0.29) is 18.6 Å². The van der Waals surface area contributed by atoms with Crippen molar-refractivity contribution in [2.24, 2.45) is 5.92 Å². The summed E-state index contributed by atoms with van der Waals surface area (Å²) in [6.07, 6.45) is -6.10.